The van der Waals surface area contributed by atoms with E-state index in [4.69, 9.17) is 14.2 Å². The Morgan fingerprint density at radius 3 is 2.64 bits per heavy atom. The molecule has 6 heteroatoms. The van der Waals surface area contributed by atoms with Crippen LogP contribution in [-0.2, 0) is 16.0 Å². The standard InChI is InChI=1S/C19H28N2O4/c1-23-17-4-3-15(12-18(17)24-2)11-16-5-6-20(13-16)14-19(22)21-7-9-25-10-8-21/h3-4,12,16H,5-11,13-14H2,1-2H3. The zero-order valence-electron chi connectivity index (χ0n) is 15.2. The van der Waals surface area contributed by atoms with E-state index in [1.54, 1.807) is 14.2 Å². The lowest BCUT2D eigenvalue weighted by Gasteiger charge is -2.28. The third-order valence-corrected chi connectivity index (χ3v) is 5.06. The van der Waals surface area contributed by atoms with E-state index in [1.807, 2.05) is 11.0 Å². The number of hydrogen-bond acceptors (Lipinski definition) is 5. The molecule has 2 aliphatic heterocycles. The van der Waals surface area contributed by atoms with Crippen LogP contribution in [0.25, 0.3) is 0 Å². The van der Waals surface area contributed by atoms with E-state index in [0.717, 1.165) is 50.5 Å². The lowest BCUT2D eigenvalue weighted by atomic mass is 9.98. The largest absolute Gasteiger partial charge is 0.493 e. The van der Waals surface area contributed by atoms with Gasteiger partial charge in [0.1, 0.15) is 0 Å². The molecule has 1 amide bonds. The van der Waals surface area contributed by atoms with Crippen molar-refractivity contribution in [1.82, 2.24) is 9.80 Å². The summed E-state index contributed by atoms with van der Waals surface area (Å²) in [6.07, 6.45) is 2.13. The van der Waals surface area contributed by atoms with Crippen LogP contribution in [0, 0.1) is 5.92 Å². The van der Waals surface area contributed by atoms with Crippen molar-refractivity contribution < 1.29 is 19.0 Å². The van der Waals surface area contributed by atoms with E-state index in [0.29, 0.717) is 25.7 Å². The number of morpholine rings is 1. The highest BCUT2D eigenvalue weighted by Gasteiger charge is 2.26. The number of carbonyl (C=O) groups excluding carboxylic acids is 1. The maximum Gasteiger partial charge on any atom is 0.236 e. The Kier molecular flexibility index (Phi) is 6.15. The molecule has 0 radical (unpaired) electrons. The van der Waals surface area contributed by atoms with Crippen molar-refractivity contribution in [3.8, 4) is 11.5 Å². The highest BCUT2D eigenvalue weighted by Crippen LogP contribution is 2.30. The molecule has 2 heterocycles. The van der Waals surface area contributed by atoms with Crippen molar-refractivity contribution in [3.63, 3.8) is 0 Å². The Morgan fingerprint density at radius 1 is 1.16 bits per heavy atom. The zero-order chi connectivity index (χ0) is 17.6. The van der Waals surface area contributed by atoms with E-state index < -0.39 is 0 Å². The molecule has 0 saturated carbocycles. The van der Waals surface area contributed by atoms with Gasteiger partial charge < -0.3 is 19.1 Å². The molecule has 0 aliphatic carbocycles. The van der Waals surface area contributed by atoms with E-state index >= 15 is 0 Å². The number of nitrogens with zero attached hydrogens (tertiary/aromatic N) is 2. The molecule has 1 atom stereocenters. The van der Waals surface area contributed by atoms with Gasteiger partial charge in [0.25, 0.3) is 0 Å². The Morgan fingerprint density at radius 2 is 1.92 bits per heavy atom. The van der Waals surface area contributed by atoms with Gasteiger partial charge in [0.15, 0.2) is 11.5 Å². The molecule has 138 valence electrons. The van der Waals surface area contributed by atoms with Crippen molar-refractivity contribution in [2.24, 2.45) is 5.92 Å². The lowest BCUT2D eigenvalue weighted by molar-refractivity contribution is -0.136. The number of rotatable bonds is 6. The molecule has 6 nitrogen and oxygen atoms in total. The van der Waals surface area contributed by atoms with E-state index in [-0.39, 0.29) is 5.91 Å². The van der Waals surface area contributed by atoms with Gasteiger partial charge in [-0.05, 0) is 43.0 Å². The lowest BCUT2D eigenvalue weighted by Crippen LogP contribution is -2.45. The Hall–Kier alpha value is -1.79. The number of methoxy groups -OCH3 is 2. The number of ether oxygens (including phenoxy) is 3. The van der Waals surface area contributed by atoms with Crippen LogP contribution in [0.15, 0.2) is 18.2 Å². The minimum absolute atomic E-state index is 0.232. The van der Waals surface area contributed by atoms with Crippen molar-refractivity contribution in [2.45, 2.75) is 12.8 Å². The molecule has 1 unspecified atom stereocenters. The summed E-state index contributed by atoms with van der Waals surface area (Å²) in [4.78, 5) is 16.6. The number of carbonyl (C=O) groups is 1. The molecule has 0 bridgehead atoms. The van der Waals surface area contributed by atoms with Crippen molar-refractivity contribution >= 4 is 5.91 Å². The van der Waals surface area contributed by atoms with E-state index in [9.17, 15) is 4.79 Å². The Bertz CT molecular complexity index is 587. The molecule has 25 heavy (non-hydrogen) atoms. The van der Waals surface area contributed by atoms with Gasteiger partial charge >= 0.3 is 0 Å². The summed E-state index contributed by atoms with van der Waals surface area (Å²) in [5.41, 5.74) is 1.25. The summed E-state index contributed by atoms with van der Waals surface area (Å²) in [5.74, 6) is 2.35. The van der Waals surface area contributed by atoms with Crippen LogP contribution < -0.4 is 9.47 Å². The number of benzene rings is 1. The average Bonchev–Trinajstić information content (AvgIpc) is 3.09. The first kappa shape index (κ1) is 18.0. The molecule has 1 aromatic rings. The molecule has 2 saturated heterocycles. The molecular weight excluding hydrogens is 320 g/mol. The monoisotopic (exact) mass is 348 g/mol. The van der Waals surface area contributed by atoms with Gasteiger partial charge in [-0.25, -0.2) is 0 Å². The van der Waals surface area contributed by atoms with Gasteiger partial charge in [-0.3, -0.25) is 9.69 Å². The van der Waals surface area contributed by atoms with E-state index in [1.165, 1.54) is 5.56 Å². The summed E-state index contributed by atoms with van der Waals surface area (Å²) in [6, 6.07) is 6.12. The van der Waals surface area contributed by atoms with Crippen molar-refractivity contribution in [3.05, 3.63) is 23.8 Å². The predicted molar refractivity (Wildman–Crippen MR) is 95.2 cm³/mol. The summed E-state index contributed by atoms with van der Waals surface area (Å²) in [5, 5.41) is 0. The average molecular weight is 348 g/mol. The first-order valence-electron chi connectivity index (χ1n) is 8.98. The van der Waals surface area contributed by atoms with Crippen molar-refractivity contribution in [2.75, 3.05) is 60.2 Å². The molecule has 0 N–H and O–H groups in total. The first-order valence-corrected chi connectivity index (χ1v) is 8.98. The minimum Gasteiger partial charge on any atom is -0.493 e. The van der Waals surface area contributed by atoms with Gasteiger partial charge in [0.05, 0.1) is 34.0 Å². The highest BCUT2D eigenvalue weighted by molar-refractivity contribution is 5.78. The summed E-state index contributed by atoms with van der Waals surface area (Å²) >= 11 is 0. The fourth-order valence-corrected chi connectivity index (χ4v) is 3.67. The molecule has 2 aliphatic rings. The third-order valence-electron chi connectivity index (χ3n) is 5.06. The van der Waals surface area contributed by atoms with Crippen LogP contribution in [-0.4, -0.2) is 75.9 Å². The Labute approximate surface area is 149 Å². The zero-order valence-corrected chi connectivity index (χ0v) is 15.2. The second kappa shape index (κ2) is 8.54. The predicted octanol–water partition coefficient (Wildman–Crippen LogP) is 1.43. The SMILES string of the molecule is COc1ccc(CC2CCN(CC(=O)N3CCOCC3)C2)cc1OC. The number of amides is 1. The van der Waals surface area contributed by atoms with Crippen LogP contribution in [0.5, 0.6) is 11.5 Å². The smallest absolute Gasteiger partial charge is 0.236 e. The molecule has 0 aromatic heterocycles. The van der Waals surface area contributed by atoms with Crippen LogP contribution in [0.3, 0.4) is 0 Å². The fraction of sp³-hybridized carbons (Fsp3) is 0.632. The van der Waals surface area contributed by atoms with Crippen LogP contribution in [0.2, 0.25) is 0 Å². The maximum absolute atomic E-state index is 12.4. The first-order chi connectivity index (χ1) is 12.2. The fourth-order valence-electron chi connectivity index (χ4n) is 3.67. The van der Waals surface area contributed by atoms with Crippen LogP contribution in [0.1, 0.15) is 12.0 Å². The highest BCUT2D eigenvalue weighted by atomic mass is 16.5. The van der Waals surface area contributed by atoms with Crippen LogP contribution >= 0.6 is 0 Å². The number of likely N-dealkylation sites (tertiary alicyclic amines) is 1. The second-order valence-corrected chi connectivity index (χ2v) is 6.78. The molecule has 0 spiro atoms. The quantitative estimate of drug-likeness (QED) is 0.778. The normalized spacial score (nSPS) is 21.4. The van der Waals surface area contributed by atoms with Crippen molar-refractivity contribution in [1.29, 1.82) is 0 Å². The minimum atomic E-state index is 0.232. The van der Waals surface area contributed by atoms with Crippen LogP contribution in [0.4, 0.5) is 0 Å². The topological polar surface area (TPSA) is 51.2 Å². The molecule has 2 fully saturated rings. The summed E-state index contributed by atoms with van der Waals surface area (Å²) < 4.78 is 16.0. The third kappa shape index (κ3) is 4.64. The Balaban J connectivity index is 1.50. The second-order valence-electron chi connectivity index (χ2n) is 6.78. The van der Waals surface area contributed by atoms with Gasteiger partial charge in [-0.2, -0.15) is 0 Å². The van der Waals surface area contributed by atoms with Gasteiger partial charge in [0.2, 0.25) is 5.91 Å². The summed E-state index contributed by atoms with van der Waals surface area (Å²) in [6.45, 7) is 5.27. The molecule has 3 rings (SSSR count). The van der Waals surface area contributed by atoms with Gasteiger partial charge in [0, 0.05) is 19.6 Å². The van der Waals surface area contributed by atoms with E-state index in [2.05, 4.69) is 17.0 Å². The number of hydrogen-bond donors (Lipinski definition) is 0. The maximum atomic E-state index is 12.4. The molecular formula is C19H28N2O4. The molecule has 1 aromatic carbocycles. The summed E-state index contributed by atoms with van der Waals surface area (Å²) in [7, 11) is 3.31. The van der Waals surface area contributed by atoms with Gasteiger partial charge in [-0.15, -0.1) is 0 Å². The van der Waals surface area contributed by atoms with Gasteiger partial charge in [-0.1, -0.05) is 6.07 Å².